The van der Waals surface area contributed by atoms with Crippen molar-refractivity contribution in [2.24, 2.45) is 0 Å². The third-order valence-corrected chi connectivity index (χ3v) is 2.44. The van der Waals surface area contributed by atoms with Crippen molar-refractivity contribution >= 4 is 11.9 Å². The van der Waals surface area contributed by atoms with Crippen LogP contribution in [0.5, 0.6) is 0 Å². The number of carboxylic acid groups (broad SMARTS) is 1. The van der Waals surface area contributed by atoms with E-state index in [1.807, 2.05) is 0 Å². The summed E-state index contributed by atoms with van der Waals surface area (Å²) in [4.78, 5) is 26.0. The minimum absolute atomic E-state index is 0.361. The van der Waals surface area contributed by atoms with E-state index in [-0.39, 0.29) is 12.5 Å². The van der Waals surface area contributed by atoms with Crippen LogP contribution in [0.2, 0.25) is 0 Å². The van der Waals surface area contributed by atoms with Gasteiger partial charge < -0.3 is 10.4 Å². The van der Waals surface area contributed by atoms with Gasteiger partial charge in [0.1, 0.15) is 6.54 Å². The monoisotopic (exact) mass is 220 g/mol. The molecular formula is C11H12N2O3. The Kier molecular flexibility index (Phi) is 2.85. The first kappa shape index (κ1) is 10.6. The summed E-state index contributed by atoms with van der Waals surface area (Å²) in [6.07, 6.45) is 3.82. The lowest BCUT2D eigenvalue weighted by atomic mass is 10.1. The van der Waals surface area contributed by atoms with Crippen LogP contribution in [0, 0.1) is 0 Å². The van der Waals surface area contributed by atoms with Gasteiger partial charge in [-0.1, -0.05) is 0 Å². The van der Waals surface area contributed by atoms with E-state index in [1.165, 1.54) is 0 Å². The molecule has 1 aliphatic carbocycles. The number of rotatable bonds is 4. The van der Waals surface area contributed by atoms with Gasteiger partial charge in [0, 0.05) is 23.4 Å². The Morgan fingerprint density at radius 3 is 2.88 bits per heavy atom. The Balaban J connectivity index is 2.04. The summed E-state index contributed by atoms with van der Waals surface area (Å²) in [6.45, 7) is -0.361. The van der Waals surface area contributed by atoms with Crippen molar-refractivity contribution in [3.63, 3.8) is 0 Å². The molecule has 1 aromatic heterocycles. The molecule has 5 nitrogen and oxygen atoms in total. The second kappa shape index (κ2) is 4.30. The second-order valence-corrected chi connectivity index (χ2v) is 3.82. The molecule has 1 saturated carbocycles. The molecule has 1 aliphatic rings. The summed E-state index contributed by atoms with van der Waals surface area (Å²) in [7, 11) is 0. The van der Waals surface area contributed by atoms with E-state index in [0.29, 0.717) is 11.5 Å². The number of amides is 1. The molecule has 1 heterocycles. The van der Waals surface area contributed by atoms with Gasteiger partial charge in [0.15, 0.2) is 0 Å². The highest BCUT2D eigenvalue weighted by molar-refractivity contribution is 5.95. The fourth-order valence-electron chi connectivity index (χ4n) is 1.45. The normalized spacial score (nSPS) is 14.5. The predicted molar refractivity (Wildman–Crippen MR) is 56.2 cm³/mol. The number of aromatic nitrogens is 1. The molecule has 1 aromatic rings. The number of hydrogen-bond acceptors (Lipinski definition) is 3. The maximum atomic E-state index is 11.5. The van der Waals surface area contributed by atoms with Crippen LogP contribution in [0.4, 0.5) is 0 Å². The highest BCUT2D eigenvalue weighted by Crippen LogP contribution is 2.38. The number of nitrogens with one attached hydrogen (secondary N) is 1. The third kappa shape index (κ3) is 2.56. The lowest BCUT2D eigenvalue weighted by Gasteiger charge is -2.03. The van der Waals surface area contributed by atoms with Crippen molar-refractivity contribution in [1.29, 1.82) is 0 Å². The minimum atomic E-state index is -1.05. The molecule has 0 saturated heterocycles. The van der Waals surface area contributed by atoms with Gasteiger partial charge in [-0.25, -0.2) is 0 Å². The number of nitrogens with zero attached hydrogens (tertiary/aromatic N) is 1. The Morgan fingerprint density at radius 2 is 2.25 bits per heavy atom. The highest BCUT2D eigenvalue weighted by Gasteiger charge is 2.25. The first-order chi connectivity index (χ1) is 7.66. The molecule has 0 spiro atoms. The molecular weight excluding hydrogens is 208 g/mol. The van der Waals surface area contributed by atoms with E-state index in [1.54, 1.807) is 18.3 Å². The molecule has 5 heteroatoms. The lowest BCUT2D eigenvalue weighted by molar-refractivity contribution is -0.135. The zero-order chi connectivity index (χ0) is 11.5. The molecule has 0 bridgehead atoms. The number of hydrogen-bond donors (Lipinski definition) is 2. The number of carboxylic acids is 1. The largest absolute Gasteiger partial charge is 0.480 e. The summed E-state index contributed by atoms with van der Waals surface area (Å²) in [5, 5.41) is 10.8. The number of pyridine rings is 1. The summed E-state index contributed by atoms with van der Waals surface area (Å²) >= 11 is 0. The Labute approximate surface area is 92.5 Å². The first-order valence-electron chi connectivity index (χ1n) is 5.13. The Morgan fingerprint density at radius 1 is 1.50 bits per heavy atom. The Bertz CT molecular complexity index is 427. The fourth-order valence-corrected chi connectivity index (χ4v) is 1.45. The fraction of sp³-hybridized carbons (Fsp3) is 0.364. The van der Waals surface area contributed by atoms with Gasteiger partial charge in [0.05, 0.1) is 0 Å². The summed E-state index contributed by atoms with van der Waals surface area (Å²) in [5.74, 6) is -0.941. The van der Waals surface area contributed by atoms with Crippen LogP contribution >= 0.6 is 0 Å². The average molecular weight is 220 g/mol. The van der Waals surface area contributed by atoms with Crippen molar-refractivity contribution in [3.05, 3.63) is 29.6 Å². The van der Waals surface area contributed by atoms with Gasteiger partial charge in [-0.2, -0.15) is 0 Å². The van der Waals surface area contributed by atoms with Gasteiger partial charge in [-0.15, -0.1) is 0 Å². The van der Waals surface area contributed by atoms with Crippen LogP contribution in [0.15, 0.2) is 18.3 Å². The second-order valence-electron chi connectivity index (χ2n) is 3.82. The molecule has 2 N–H and O–H groups in total. The van der Waals surface area contributed by atoms with Crippen molar-refractivity contribution in [2.75, 3.05) is 6.54 Å². The smallest absolute Gasteiger partial charge is 0.322 e. The average Bonchev–Trinajstić information content (AvgIpc) is 3.10. The zero-order valence-corrected chi connectivity index (χ0v) is 8.64. The molecule has 1 fully saturated rings. The summed E-state index contributed by atoms with van der Waals surface area (Å²) in [6, 6.07) is 3.32. The molecule has 0 aliphatic heterocycles. The molecule has 2 rings (SSSR count). The van der Waals surface area contributed by atoms with E-state index >= 15 is 0 Å². The molecule has 0 unspecified atom stereocenters. The van der Waals surface area contributed by atoms with Crippen molar-refractivity contribution in [1.82, 2.24) is 10.3 Å². The highest BCUT2D eigenvalue weighted by atomic mass is 16.4. The quantitative estimate of drug-likeness (QED) is 0.785. The summed E-state index contributed by atoms with van der Waals surface area (Å²) < 4.78 is 0. The maximum Gasteiger partial charge on any atom is 0.322 e. The molecule has 0 aromatic carbocycles. The minimum Gasteiger partial charge on any atom is -0.480 e. The first-order valence-corrected chi connectivity index (χ1v) is 5.13. The van der Waals surface area contributed by atoms with E-state index in [9.17, 15) is 9.59 Å². The van der Waals surface area contributed by atoms with E-state index in [2.05, 4.69) is 10.3 Å². The zero-order valence-electron chi connectivity index (χ0n) is 8.64. The third-order valence-electron chi connectivity index (χ3n) is 2.44. The van der Waals surface area contributed by atoms with E-state index in [0.717, 1.165) is 18.5 Å². The van der Waals surface area contributed by atoms with Gasteiger partial charge >= 0.3 is 5.97 Å². The van der Waals surface area contributed by atoms with Crippen LogP contribution in [-0.4, -0.2) is 28.5 Å². The van der Waals surface area contributed by atoms with Crippen LogP contribution in [0.1, 0.15) is 34.8 Å². The number of carbonyl (C=O) groups is 2. The van der Waals surface area contributed by atoms with Gasteiger partial charge in [0.2, 0.25) is 0 Å². The van der Waals surface area contributed by atoms with Crippen molar-refractivity contribution < 1.29 is 14.7 Å². The maximum absolute atomic E-state index is 11.5. The van der Waals surface area contributed by atoms with Crippen molar-refractivity contribution in [2.45, 2.75) is 18.8 Å². The van der Waals surface area contributed by atoms with E-state index in [4.69, 9.17) is 5.11 Å². The topological polar surface area (TPSA) is 79.3 Å². The molecule has 84 valence electrons. The van der Waals surface area contributed by atoms with Gasteiger partial charge in [0.25, 0.3) is 5.91 Å². The molecule has 1 amide bonds. The van der Waals surface area contributed by atoms with Crippen LogP contribution in [0.3, 0.4) is 0 Å². The standard InChI is InChI=1S/C11H12N2O3/c14-10(15)6-13-11(16)8-3-4-12-9(5-8)7-1-2-7/h3-5,7H,1-2,6H2,(H,13,16)(H,14,15). The van der Waals surface area contributed by atoms with Crippen LogP contribution in [0.25, 0.3) is 0 Å². The van der Waals surface area contributed by atoms with Crippen LogP contribution in [-0.2, 0) is 4.79 Å². The Hall–Kier alpha value is -1.91. The number of carbonyl (C=O) groups excluding carboxylic acids is 1. The SMILES string of the molecule is O=C(O)CNC(=O)c1ccnc(C2CC2)c1. The number of aliphatic carboxylic acids is 1. The lowest BCUT2D eigenvalue weighted by Crippen LogP contribution is -2.29. The molecule has 0 atom stereocenters. The molecule has 16 heavy (non-hydrogen) atoms. The van der Waals surface area contributed by atoms with Crippen molar-refractivity contribution in [3.8, 4) is 0 Å². The van der Waals surface area contributed by atoms with E-state index < -0.39 is 5.97 Å². The summed E-state index contributed by atoms with van der Waals surface area (Å²) in [5.41, 5.74) is 1.39. The molecule has 0 radical (unpaired) electrons. The predicted octanol–water partition coefficient (Wildman–Crippen LogP) is 0.773. The van der Waals surface area contributed by atoms with Gasteiger partial charge in [-0.05, 0) is 25.0 Å². The van der Waals surface area contributed by atoms with Crippen LogP contribution < -0.4 is 5.32 Å². The van der Waals surface area contributed by atoms with Gasteiger partial charge in [-0.3, -0.25) is 14.6 Å².